The number of nitrogen functional groups attached to an aromatic ring is 1. The van der Waals surface area contributed by atoms with Crippen LogP contribution in [0, 0.1) is 0 Å². The summed E-state index contributed by atoms with van der Waals surface area (Å²) in [4.78, 5) is 15.2. The Balaban J connectivity index is 2.32. The summed E-state index contributed by atoms with van der Waals surface area (Å²) in [5.41, 5.74) is 3.45. The maximum absolute atomic E-state index is 12.8. The van der Waals surface area contributed by atoms with E-state index in [9.17, 15) is 18.0 Å². The second kappa shape index (κ2) is 5.04. The Labute approximate surface area is 115 Å². The molecule has 0 saturated heterocycles. The van der Waals surface area contributed by atoms with Crippen LogP contribution in [-0.2, 0) is 6.18 Å². The van der Waals surface area contributed by atoms with Crippen LogP contribution in [0.4, 0.5) is 24.9 Å². The number of oxazole rings is 1. The molecule has 0 fully saturated rings. The van der Waals surface area contributed by atoms with Crippen LogP contribution in [0.15, 0.2) is 28.9 Å². The van der Waals surface area contributed by atoms with E-state index < -0.39 is 23.3 Å². The number of alkyl halides is 3. The highest BCUT2D eigenvalue weighted by atomic mass is 35.5. The molecule has 9 heteroatoms. The molecule has 0 spiro atoms. The SMILES string of the molecule is Nc1nc(C(=O)Nc2ccc(Cl)cc2C(F)(F)F)co1. The van der Waals surface area contributed by atoms with E-state index >= 15 is 0 Å². The van der Waals surface area contributed by atoms with E-state index in [1.54, 1.807) is 0 Å². The summed E-state index contributed by atoms with van der Waals surface area (Å²) >= 11 is 5.52. The van der Waals surface area contributed by atoms with Crippen LogP contribution in [-0.4, -0.2) is 10.9 Å². The molecular weight excluding hydrogens is 299 g/mol. The Morgan fingerprint density at radius 2 is 2.10 bits per heavy atom. The second-order valence-corrected chi connectivity index (χ2v) is 4.15. The number of anilines is 2. The van der Waals surface area contributed by atoms with Crippen molar-refractivity contribution in [3.8, 4) is 0 Å². The van der Waals surface area contributed by atoms with Gasteiger partial charge in [0.05, 0.1) is 11.3 Å². The van der Waals surface area contributed by atoms with E-state index in [4.69, 9.17) is 17.3 Å². The molecule has 106 valence electrons. The van der Waals surface area contributed by atoms with Gasteiger partial charge < -0.3 is 15.5 Å². The van der Waals surface area contributed by atoms with E-state index in [0.717, 1.165) is 12.3 Å². The standard InChI is InChI=1S/C11H7ClF3N3O2/c12-5-1-2-7(6(3-5)11(13,14)15)17-9(19)8-4-20-10(16)18-8/h1-4H,(H2,16,18)(H,17,19). The molecular formula is C11H7ClF3N3O2. The first-order chi connectivity index (χ1) is 9.27. The highest BCUT2D eigenvalue weighted by Crippen LogP contribution is 2.36. The van der Waals surface area contributed by atoms with Crippen LogP contribution in [0.1, 0.15) is 16.1 Å². The third-order valence-corrected chi connectivity index (χ3v) is 2.52. The Kier molecular flexibility index (Phi) is 3.58. The second-order valence-electron chi connectivity index (χ2n) is 3.71. The van der Waals surface area contributed by atoms with Gasteiger partial charge in [0, 0.05) is 5.02 Å². The fourth-order valence-electron chi connectivity index (χ4n) is 1.44. The van der Waals surface area contributed by atoms with Gasteiger partial charge in [-0.25, -0.2) is 0 Å². The largest absolute Gasteiger partial charge is 0.431 e. The lowest BCUT2D eigenvalue weighted by Gasteiger charge is -2.13. The summed E-state index contributed by atoms with van der Waals surface area (Å²) in [6.07, 6.45) is -3.72. The van der Waals surface area contributed by atoms with E-state index in [1.165, 1.54) is 6.07 Å². The van der Waals surface area contributed by atoms with Crippen molar-refractivity contribution in [3.63, 3.8) is 0 Å². The van der Waals surface area contributed by atoms with Gasteiger partial charge in [-0.15, -0.1) is 0 Å². The number of amides is 1. The van der Waals surface area contributed by atoms with Crippen molar-refractivity contribution < 1.29 is 22.4 Å². The average molecular weight is 306 g/mol. The number of nitrogens with zero attached hydrogens (tertiary/aromatic N) is 1. The minimum Gasteiger partial charge on any atom is -0.431 e. The zero-order valence-electron chi connectivity index (χ0n) is 9.66. The molecule has 1 amide bonds. The zero-order valence-corrected chi connectivity index (χ0v) is 10.4. The topological polar surface area (TPSA) is 81.1 Å². The first kappa shape index (κ1) is 14.2. The van der Waals surface area contributed by atoms with Gasteiger partial charge >= 0.3 is 6.18 Å². The summed E-state index contributed by atoms with van der Waals surface area (Å²) in [5.74, 6) is -0.877. The van der Waals surface area contributed by atoms with E-state index in [2.05, 4.69) is 14.7 Å². The van der Waals surface area contributed by atoms with Gasteiger partial charge in [0.1, 0.15) is 6.26 Å². The number of hydrogen-bond acceptors (Lipinski definition) is 4. The Bertz CT molecular complexity index is 655. The lowest BCUT2D eigenvalue weighted by atomic mass is 10.1. The predicted octanol–water partition coefficient (Wildman–Crippen LogP) is 3.18. The Morgan fingerprint density at radius 3 is 2.65 bits per heavy atom. The molecule has 0 unspecified atom stereocenters. The number of rotatable bonds is 2. The van der Waals surface area contributed by atoms with Gasteiger partial charge in [0.25, 0.3) is 11.9 Å². The smallest absolute Gasteiger partial charge is 0.418 e. The summed E-state index contributed by atoms with van der Waals surface area (Å²) in [5, 5.41) is 1.98. The first-order valence-corrected chi connectivity index (χ1v) is 5.54. The minimum atomic E-state index is -4.66. The van der Waals surface area contributed by atoms with Crippen LogP contribution in [0.2, 0.25) is 5.02 Å². The molecule has 0 bridgehead atoms. The number of benzene rings is 1. The van der Waals surface area contributed by atoms with E-state index in [-0.39, 0.29) is 16.7 Å². The Morgan fingerprint density at radius 1 is 1.40 bits per heavy atom. The number of nitrogens with two attached hydrogens (primary N) is 1. The number of aromatic nitrogens is 1. The maximum Gasteiger partial charge on any atom is 0.418 e. The third-order valence-electron chi connectivity index (χ3n) is 2.29. The predicted molar refractivity (Wildman–Crippen MR) is 65.3 cm³/mol. The monoisotopic (exact) mass is 305 g/mol. The summed E-state index contributed by atoms with van der Waals surface area (Å²) in [7, 11) is 0. The van der Waals surface area contributed by atoms with Crippen molar-refractivity contribution in [3.05, 3.63) is 40.7 Å². The molecule has 0 aliphatic heterocycles. The van der Waals surface area contributed by atoms with Crippen LogP contribution in [0.3, 0.4) is 0 Å². The molecule has 2 aromatic rings. The number of nitrogens with one attached hydrogen (secondary N) is 1. The quantitative estimate of drug-likeness (QED) is 0.893. The number of carbonyl (C=O) groups is 1. The minimum absolute atomic E-state index is 0.0963. The zero-order chi connectivity index (χ0) is 14.9. The average Bonchev–Trinajstić information content (AvgIpc) is 2.77. The Hall–Kier alpha value is -2.22. The molecule has 0 aliphatic rings. The maximum atomic E-state index is 12.8. The van der Waals surface area contributed by atoms with Crippen molar-refractivity contribution in [2.24, 2.45) is 0 Å². The molecule has 0 saturated carbocycles. The molecule has 0 atom stereocenters. The number of halogens is 4. The fourth-order valence-corrected chi connectivity index (χ4v) is 1.61. The van der Waals surface area contributed by atoms with Crippen molar-refractivity contribution in [2.45, 2.75) is 6.18 Å². The van der Waals surface area contributed by atoms with Crippen molar-refractivity contribution in [2.75, 3.05) is 11.1 Å². The molecule has 1 aromatic heterocycles. The molecule has 5 nitrogen and oxygen atoms in total. The van der Waals surface area contributed by atoms with Crippen molar-refractivity contribution in [1.82, 2.24) is 4.98 Å². The van der Waals surface area contributed by atoms with Crippen LogP contribution in [0.5, 0.6) is 0 Å². The highest BCUT2D eigenvalue weighted by molar-refractivity contribution is 6.30. The van der Waals surface area contributed by atoms with E-state index in [1.807, 2.05) is 0 Å². The molecule has 0 radical (unpaired) electrons. The third kappa shape index (κ3) is 3.02. The number of carbonyl (C=O) groups excluding carboxylic acids is 1. The van der Waals surface area contributed by atoms with Gasteiger partial charge in [-0.2, -0.15) is 18.2 Å². The van der Waals surface area contributed by atoms with Crippen molar-refractivity contribution >= 4 is 29.2 Å². The molecule has 1 aromatic carbocycles. The normalized spacial score (nSPS) is 11.4. The van der Waals surface area contributed by atoms with Crippen LogP contribution in [0.25, 0.3) is 0 Å². The highest BCUT2D eigenvalue weighted by Gasteiger charge is 2.34. The summed E-state index contributed by atoms with van der Waals surface area (Å²) < 4.78 is 43.1. The lowest BCUT2D eigenvalue weighted by molar-refractivity contribution is -0.136. The molecule has 0 aliphatic carbocycles. The van der Waals surface area contributed by atoms with Gasteiger partial charge in [-0.1, -0.05) is 11.6 Å². The molecule has 3 N–H and O–H groups in total. The summed E-state index contributed by atoms with van der Waals surface area (Å²) in [6, 6.07) is 2.73. The molecule has 2 rings (SSSR count). The first-order valence-electron chi connectivity index (χ1n) is 5.16. The fraction of sp³-hybridized carbons (Fsp3) is 0.0909. The molecule has 20 heavy (non-hydrogen) atoms. The van der Waals surface area contributed by atoms with Crippen molar-refractivity contribution in [1.29, 1.82) is 0 Å². The lowest BCUT2D eigenvalue weighted by Crippen LogP contribution is -2.17. The van der Waals surface area contributed by atoms with Gasteiger partial charge in [0.15, 0.2) is 5.69 Å². The van der Waals surface area contributed by atoms with Gasteiger partial charge in [-0.05, 0) is 18.2 Å². The molecule has 1 heterocycles. The van der Waals surface area contributed by atoms with Gasteiger partial charge in [0.2, 0.25) is 0 Å². The van der Waals surface area contributed by atoms with E-state index in [0.29, 0.717) is 6.07 Å². The van der Waals surface area contributed by atoms with Crippen LogP contribution >= 0.6 is 11.6 Å². The van der Waals surface area contributed by atoms with Crippen LogP contribution < -0.4 is 11.1 Å². The summed E-state index contributed by atoms with van der Waals surface area (Å²) in [6.45, 7) is 0. The van der Waals surface area contributed by atoms with Gasteiger partial charge in [-0.3, -0.25) is 4.79 Å². The number of hydrogen-bond donors (Lipinski definition) is 2.